The highest BCUT2D eigenvalue weighted by Crippen LogP contribution is 2.16. The zero-order valence-electron chi connectivity index (χ0n) is 8.91. The van der Waals surface area contributed by atoms with E-state index in [1.165, 1.54) is 11.5 Å². The van der Waals surface area contributed by atoms with Crippen molar-refractivity contribution in [2.75, 3.05) is 25.1 Å². The van der Waals surface area contributed by atoms with Crippen molar-refractivity contribution in [2.45, 2.75) is 26.7 Å². The second-order valence-electron chi connectivity index (χ2n) is 3.24. The second kappa shape index (κ2) is 5.93. The third-order valence-electron chi connectivity index (χ3n) is 1.68. The Morgan fingerprint density at radius 3 is 2.86 bits per heavy atom. The zero-order chi connectivity index (χ0) is 10.4. The molecular weight excluding hydrogens is 198 g/mol. The fourth-order valence-electron chi connectivity index (χ4n) is 0.916. The van der Waals surface area contributed by atoms with Crippen molar-refractivity contribution in [3.63, 3.8) is 0 Å². The first-order valence-corrected chi connectivity index (χ1v) is 5.66. The lowest BCUT2D eigenvalue weighted by atomic mass is 10.2. The summed E-state index contributed by atoms with van der Waals surface area (Å²) < 4.78 is 9.45. The maximum atomic E-state index is 5.20. The molecule has 0 radical (unpaired) electrons. The van der Waals surface area contributed by atoms with Crippen LogP contribution in [0.5, 0.6) is 0 Å². The molecule has 0 amide bonds. The molecule has 0 saturated carbocycles. The van der Waals surface area contributed by atoms with E-state index in [0.29, 0.717) is 12.5 Å². The van der Waals surface area contributed by atoms with E-state index in [4.69, 9.17) is 4.74 Å². The van der Waals surface area contributed by atoms with Gasteiger partial charge in [0.25, 0.3) is 0 Å². The summed E-state index contributed by atoms with van der Waals surface area (Å²) in [5, 5.41) is 4.06. The Kier molecular flexibility index (Phi) is 4.82. The maximum Gasteiger partial charge on any atom is 0.202 e. The molecule has 1 aromatic heterocycles. The molecule has 0 aliphatic heterocycles. The Hall–Kier alpha value is -0.680. The van der Waals surface area contributed by atoms with Gasteiger partial charge < -0.3 is 10.1 Å². The molecule has 0 aliphatic carbocycles. The van der Waals surface area contributed by atoms with Gasteiger partial charge in [-0.3, -0.25) is 0 Å². The molecule has 0 unspecified atom stereocenters. The molecule has 4 nitrogen and oxygen atoms in total. The van der Waals surface area contributed by atoms with Crippen molar-refractivity contribution >= 4 is 16.7 Å². The number of ether oxygens (including phenoxy) is 1. The van der Waals surface area contributed by atoms with Crippen LogP contribution in [0, 0.1) is 0 Å². The third kappa shape index (κ3) is 3.59. The Morgan fingerprint density at radius 2 is 2.29 bits per heavy atom. The van der Waals surface area contributed by atoms with E-state index < -0.39 is 0 Å². The monoisotopic (exact) mass is 215 g/mol. The first-order chi connectivity index (χ1) is 6.74. The number of nitrogens with one attached hydrogen (secondary N) is 1. The van der Waals surface area contributed by atoms with Crippen molar-refractivity contribution < 1.29 is 4.74 Å². The minimum Gasteiger partial charge on any atom is -0.380 e. The van der Waals surface area contributed by atoms with Crippen LogP contribution in [0.25, 0.3) is 0 Å². The fraction of sp³-hybridized carbons (Fsp3) is 0.778. The minimum atomic E-state index is 0.397. The lowest BCUT2D eigenvalue weighted by molar-refractivity contribution is 0.158. The first-order valence-electron chi connectivity index (χ1n) is 4.89. The summed E-state index contributed by atoms with van der Waals surface area (Å²) in [5.74, 6) is 1.31. The lowest BCUT2D eigenvalue weighted by Crippen LogP contribution is -2.08. The molecule has 0 bridgehead atoms. The van der Waals surface area contributed by atoms with Crippen LogP contribution in [-0.2, 0) is 4.74 Å². The average molecular weight is 215 g/mol. The highest BCUT2D eigenvalue weighted by molar-refractivity contribution is 7.09. The van der Waals surface area contributed by atoms with Crippen LogP contribution in [0.3, 0.4) is 0 Å². The van der Waals surface area contributed by atoms with Crippen molar-refractivity contribution in [3.8, 4) is 0 Å². The molecule has 0 aliphatic rings. The molecule has 0 fully saturated rings. The topological polar surface area (TPSA) is 47.0 Å². The van der Waals surface area contributed by atoms with Crippen molar-refractivity contribution in [1.29, 1.82) is 0 Å². The number of rotatable bonds is 6. The molecule has 1 aromatic rings. The number of aromatic nitrogens is 2. The van der Waals surface area contributed by atoms with Gasteiger partial charge in [-0.15, -0.1) is 0 Å². The number of nitrogens with zero attached hydrogens (tertiary/aromatic N) is 2. The van der Waals surface area contributed by atoms with Gasteiger partial charge in [-0.1, -0.05) is 13.8 Å². The standard InChI is InChI=1S/C9H17N3OS/c1-4-13-6-5-10-9-11-8(7(2)3)12-14-9/h7H,4-6H2,1-3H3,(H,10,11,12). The molecule has 80 valence electrons. The van der Waals surface area contributed by atoms with Crippen molar-refractivity contribution in [1.82, 2.24) is 9.36 Å². The van der Waals surface area contributed by atoms with Crippen LogP contribution >= 0.6 is 11.5 Å². The molecule has 5 heteroatoms. The summed E-state index contributed by atoms with van der Waals surface area (Å²) in [7, 11) is 0. The Labute approximate surface area is 88.9 Å². The van der Waals surface area contributed by atoms with Gasteiger partial charge in [-0.2, -0.15) is 4.37 Å². The van der Waals surface area contributed by atoms with Crippen molar-refractivity contribution in [2.24, 2.45) is 0 Å². The van der Waals surface area contributed by atoms with Gasteiger partial charge in [0.2, 0.25) is 5.13 Å². The van der Waals surface area contributed by atoms with E-state index in [0.717, 1.165) is 24.1 Å². The van der Waals surface area contributed by atoms with Gasteiger partial charge in [0.05, 0.1) is 6.61 Å². The molecular formula is C9H17N3OS. The summed E-state index contributed by atoms with van der Waals surface area (Å²) in [5.41, 5.74) is 0. The van der Waals surface area contributed by atoms with E-state index in [1.54, 1.807) is 0 Å². The minimum absolute atomic E-state index is 0.397. The first kappa shape index (κ1) is 11.4. The smallest absolute Gasteiger partial charge is 0.202 e. The number of anilines is 1. The third-order valence-corrected chi connectivity index (χ3v) is 2.37. The van der Waals surface area contributed by atoms with Crippen LogP contribution in [-0.4, -0.2) is 29.1 Å². The molecule has 0 atom stereocenters. The van der Waals surface area contributed by atoms with Gasteiger partial charge in [0.1, 0.15) is 5.82 Å². The quantitative estimate of drug-likeness (QED) is 0.738. The normalized spacial score (nSPS) is 10.9. The fourth-order valence-corrected chi connectivity index (χ4v) is 1.65. The van der Waals surface area contributed by atoms with Crippen LogP contribution in [0.1, 0.15) is 32.5 Å². The van der Waals surface area contributed by atoms with Gasteiger partial charge >= 0.3 is 0 Å². The van der Waals surface area contributed by atoms with Crippen LogP contribution in [0.15, 0.2) is 0 Å². The Bertz CT molecular complexity index is 262. The molecule has 1 heterocycles. The molecule has 1 N–H and O–H groups in total. The average Bonchev–Trinajstić information content (AvgIpc) is 2.61. The molecule has 0 saturated heterocycles. The van der Waals surface area contributed by atoms with E-state index in [9.17, 15) is 0 Å². The largest absolute Gasteiger partial charge is 0.380 e. The summed E-state index contributed by atoms with van der Waals surface area (Å²) in [6.45, 7) is 8.43. The molecule has 1 rings (SSSR count). The van der Waals surface area contributed by atoms with Crippen molar-refractivity contribution in [3.05, 3.63) is 5.82 Å². The van der Waals surface area contributed by atoms with Crippen LogP contribution in [0.4, 0.5) is 5.13 Å². The van der Waals surface area contributed by atoms with E-state index >= 15 is 0 Å². The highest BCUT2D eigenvalue weighted by Gasteiger charge is 2.06. The van der Waals surface area contributed by atoms with E-state index in [2.05, 4.69) is 28.5 Å². The predicted octanol–water partition coefficient (Wildman–Crippen LogP) is 2.11. The summed E-state index contributed by atoms with van der Waals surface area (Å²) in [6.07, 6.45) is 0. The summed E-state index contributed by atoms with van der Waals surface area (Å²) >= 11 is 1.41. The number of hydrogen-bond donors (Lipinski definition) is 1. The van der Waals surface area contributed by atoms with Crippen LogP contribution in [0.2, 0.25) is 0 Å². The van der Waals surface area contributed by atoms with E-state index in [1.807, 2.05) is 6.92 Å². The Balaban J connectivity index is 2.29. The SMILES string of the molecule is CCOCCNc1nc(C(C)C)ns1. The van der Waals surface area contributed by atoms with Crippen LogP contribution < -0.4 is 5.32 Å². The van der Waals surface area contributed by atoms with Gasteiger partial charge in [0, 0.05) is 30.6 Å². The predicted molar refractivity (Wildman–Crippen MR) is 59.0 cm³/mol. The van der Waals surface area contributed by atoms with Gasteiger partial charge in [0.15, 0.2) is 0 Å². The second-order valence-corrected chi connectivity index (χ2v) is 3.99. The lowest BCUT2D eigenvalue weighted by Gasteiger charge is -2.01. The summed E-state index contributed by atoms with van der Waals surface area (Å²) in [6, 6.07) is 0. The molecule has 0 aromatic carbocycles. The highest BCUT2D eigenvalue weighted by atomic mass is 32.1. The zero-order valence-corrected chi connectivity index (χ0v) is 9.73. The maximum absolute atomic E-state index is 5.20. The van der Waals surface area contributed by atoms with Gasteiger partial charge in [-0.05, 0) is 6.92 Å². The number of hydrogen-bond acceptors (Lipinski definition) is 5. The van der Waals surface area contributed by atoms with Gasteiger partial charge in [-0.25, -0.2) is 4.98 Å². The van der Waals surface area contributed by atoms with E-state index in [-0.39, 0.29) is 0 Å². The molecule has 0 spiro atoms. The summed E-state index contributed by atoms with van der Waals surface area (Å²) in [4.78, 5) is 4.35. The Morgan fingerprint density at radius 1 is 1.50 bits per heavy atom. The molecule has 14 heavy (non-hydrogen) atoms.